The molecular formula is C12H17BrN2O2S. The molecule has 1 N–H and O–H groups in total. The molecular weight excluding hydrogens is 316 g/mol. The quantitative estimate of drug-likeness (QED) is 0.918. The molecule has 0 unspecified atom stereocenters. The number of piperidine rings is 1. The summed E-state index contributed by atoms with van der Waals surface area (Å²) in [5, 5.41) is 0. The number of nitrogens with one attached hydrogen (secondary N) is 1. The van der Waals surface area contributed by atoms with Gasteiger partial charge in [0.2, 0.25) is 10.0 Å². The van der Waals surface area contributed by atoms with Crippen molar-refractivity contribution in [2.45, 2.75) is 23.8 Å². The number of benzene rings is 1. The van der Waals surface area contributed by atoms with Gasteiger partial charge in [0.25, 0.3) is 0 Å². The van der Waals surface area contributed by atoms with Crippen LogP contribution in [0, 0.1) is 0 Å². The summed E-state index contributed by atoms with van der Waals surface area (Å²) in [7, 11) is -1.37. The van der Waals surface area contributed by atoms with E-state index < -0.39 is 10.0 Å². The maximum absolute atomic E-state index is 12.2. The van der Waals surface area contributed by atoms with E-state index in [1.165, 1.54) is 0 Å². The van der Waals surface area contributed by atoms with Gasteiger partial charge in [-0.3, -0.25) is 0 Å². The molecule has 0 radical (unpaired) electrons. The molecule has 6 heteroatoms. The van der Waals surface area contributed by atoms with E-state index in [1.54, 1.807) is 24.3 Å². The van der Waals surface area contributed by atoms with E-state index in [1.807, 2.05) is 0 Å². The first-order chi connectivity index (χ1) is 8.49. The predicted octanol–water partition coefficient (Wildman–Crippen LogP) is 1.82. The highest BCUT2D eigenvalue weighted by Gasteiger charge is 2.24. The minimum absolute atomic E-state index is 0.0401. The zero-order valence-corrected chi connectivity index (χ0v) is 12.7. The van der Waals surface area contributed by atoms with E-state index in [2.05, 4.69) is 32.6 Å². The molecule has 0 atom stereocenters. The summed E-state index contributed by atoms with van der Waals surface area (Å²) in [6.45, 7) is 1.87. The van der Waals surface area contributed by atoms with Crippen LogP contribution in [-0.2, 0) is 10.0 Å². The summed E-state index contributed by atoms with van der Waals surface area (Å²) in [6, 6.07) is 6.93. The SMILES string of the molecule is CN1CCC(NS(=O)(=O)c2ccccc2Br)CC1. The van der Waals surface area contributed by atoms with E-state index >= 15 is 0 Å². The number of likely N-dealkylation sites (tertiary alicyclic amines) is 1. The van der Waals surface area contributed by atoms with Crippen molar-refractivity contribution >= 4 is 26.0 Å². The largest absolute Gasteiger partial charge is 0.306 e. The third-order valence-corrected chi connectivity index (χ3v) is 5.70. The first kappa shape index (κ1) is 14.0. The maximum Gasteiger partial charge on any atom is 0.241 e. The van der Waals surface area contributed by atoms with Crippen LogP contribution in [0.2, 0.25) is 0 Å². The van der Waals surface area contributed by atoms with Crippen LogP contribution in [-0.4, -0.2) is 39.5 Å². The second-order valence-corrected chi connectivity index (χ2v) is 7.17. The second-order valence-electron chi connectivity index (χ2n) is 4.63. The van der Waals surface area contributed by atoms with Crippen LogP contribution in [0.4, 0.5) is 0 Å². The van der Waals surface area contributed by atoms with Crippen molar-refractivity contribution < 1.29 is 8.42 Å². The van der Waals surface area contributed by atoms with E-state index in [9.17, 15) is 8.42 Å². The highest BCUT2D eigenvalue weighted by Crippen LogP contribution is 2.22. The second kappa shape index (κ2) is 5.69. The Morgan fingerprint density at radius 3 is 2.50 bits per heavy atom. The summed E-state index contributed by atoms with van der Waals surface area (Å²) in [5.41, 5.74) is 0. The van der Waals surface area contributed by atoms with Gasteiger partial charge in [-0.05, 0) is 61.0 Å². The molecule has 1 aliphatic rings. The lowest BCUT2D eigenvalue weighted by Gasteiger charge is -2.29. The molecule has 0 amide bonds. The summed E-state index contributed by atoms with van der Waals surface area (Å²) < 4.78 is 27.9. The summed E-state index contributed by atoms with van der Waals surface area (Å²) in [5.74, 6) is 0. The molecule has 1 saturated heterocycles. The molecule has 4 nitrogen and oxygen atoms in total. The Bertz CT molecular complexity index is 511. The molecule has 1 fully saturated rings. The topological polar surface area (TPSA) is 49.4 Å². The van der Waals surface area contributed by atoms with Gasteiger partial charge < -0.3 is 4.90 Å². The fourth-order valence-electron chi connectivity index (χ4n) is 2.07. The number of nitrogens with zero attached hydrogens (tertiary/aromatic N) is 1. The van der Waals surface area contributed by atoms with Crippen LogP contribution >= 0.6 is 15.9 Å². The minimum atomic E-state index is -3.42. The van der Waals surface area contributed by atoms with Crippen molar-refractivity contribution in [1.82, 2.24) is 9.62 Å². The molecule has 0 aliphatic carbocycles. The van der Waals surface area contributed by atoms with Gasteiger partial charge in [0.15, 0.2) is 0 Å². The van der Waals surface area contributed by atoms with E-state index in [-0.39, 0.29) is 6.04 Å². The summed E-state index contributed by atoms with van der Waals surface area (Å²) in [6.07, 6.45) is 1.72. The summed E-state index contributed by atoms with van der Waals surface area (Å²) >= 11 is 3.28. The monoisotopic (exact) mass is 332 g/mol. The third-order valence-electron chi connectivity index (χ3n) is 3.17. The molecule has 100 valence electrons. The van der Waals surface area contributed by atoms with Gasteiger partial charge in [-0.2, -0.15) is 0 Å². The fraction of sp³-hybridized carbons (Fsp3) is 0.500. The van der Waals surface area contributed by atoms with Crippen molar-refractivity contribution in [3.8, 4) is 0 Å². The van der Waals surface area contributed by atoms with Gasteiger partial charge in [-0.15, -0.1) is 0 Å². The van der Waals surface area contributed by atoms with Crippen LogP contribution in [0.1, 0.15) is 12.8 Å². The van der Waals surface area contributed by atoms with Crippen LogP contribution < -0.4 is 4.72 Å². The molecule has 0 aromatic heterocycles. The first-order valence-corrected chi connectivity index (χ1v) is 8.22. The molecule has 0 saturated carbocycles. The Labute approximate surface area is 117 Å². The lowest BCUT2D eigenvalue weighted by atomic mass is 10.1. The Balaban J connectivity index is 2.11. The average molecular weight is 333 g/mol. The van der Waals surface area contributed by atoms with Crippen LogP contribution in [0.5, 0.6) is 0 Å². The first-order valence-electron chi connectivity index (χ1n) is 5.94. The standard InChI is InChI=1S/C12H17BrN2O2S/c1-15-8-6-10(7-9-15)14-18(16,17)12-5-3-2-4-11(12)13/h2-5,10,14H,6-9H2,1H3. The fourth-order valence-corrected chi connectivity index (χ4v) is 4.38. The number of sulfonamides is 1. The highest BCUT2D eigenvalue weighted by atomic mass is 79.9. The Morgan fingerprint density at radius 1 is 1.28 bits per heavy atom. The van der Waals surface area contributed by atoms with Crippen LogP contribution in [0.15, 0.2) is 33.6 Å². The molecule has 1 aromatic rings. The number of halogens is 1. The zero-order valence-electron chi connectivity index (χ0n) is 10.3. The number of hydrogen-bond acceptors (Lipinski definition) is 3. The Kier molecular flexibility index (Phi) is 4.42. The molecule has 18 heavy (non-hydrogen) atoms. The predicted molar refractivity (Wildman–Crippen MR) is 75.0 cm³/mol. The van der Waals surface area contributed by atoms with Gasteiger partial charge in [0, 0.05) is 10.5 Å². The van der Waals surface area contributed by atoms with Gasteiger partial charge in [0.1, 0.15) is 0 Å². The molecule has 2 rings (SSSR count). The van der Waals surface area contributed by atoms with Gasteiger partial charge >= 0.3 is 0 Å². The van der Waals surface area contributed by atoms with Crippen molar-refractivity contribution in [2.75, 3.05) is 20.1 Å². The molecule has 0 bridgehead atoms. The van der Waals surface area contributed by atoms with E-state index in [0.29, 0.717) is 9.37 Å². The van der Waals surface area contributed by atoms with Gasteiger partial charge in [-0.25, -0.2) is 13.1 Å². The molecule has 0 spiro atoms. The van der Waals surface area contributed by atoms with Gasteiger partial charge in [0.05, 0.1) is 4.90 Å². The minimum Gasteiger partial charge on any atom is -0.306 e. The molecule has 1 heterocycles. The number of rotatable bonds is 3. The average Bonchev–Trinajstić information content (AvgIpc) is 2.32. The Morgan fingerprint density at radius 2 is 1.89 bits per heavy atom. The van der Waals surface area contributed by atoms with Crippen molar-refractivity contribution in [3.05, 3.63) is 28.7 Å². The normalized spacial score (nSPS) is 19.0. The highest BCUT2D eigenvalue weighted by molar-refractivity contribution is 9.10. The van der Waals surface area contributed by atoms with Crippen molar-refractivity contribution in [3.63, 3.8) is 0 Å². The Hall–Kier alpha value is -0.430. The maximum atomic E-state index is 12.2. The molecule has 1 aromatic carbocycles. The third kappa shape index (κ3) is 3.32. The van der Waals surface area contributed by atoms with E-state index in [4.69, 9.17) is 0 Å². The number of hydrogen-bond donors (Lipinski definition) is 1. The summed E-state index contributed by atoms with van der Waals surface area (Å²) in [4.78, 5) is 2.52. The van der Waals surface area contributed by atoms with Crippen molar-refractivity contribution in [2.24, 2.45) is 0 Å². The van der Waals surface area contributed by atoms with Crippen molar-refractivity contribution in [1.29, 1.82) is 0 Å². The van der Waals surface area contributed by atoms with E-state index in [0.717, 1.165) is 25.9 Å². The zero-order chi connectivity index (χ0) is 13.2. The van der Waals surface area contributed by atoms with Crippen LogP contribution in [0.25, 0.3) is 0 Å². The lowest BCUT2D eigenvalue weighted by Crippen LogP contribution is -2.43. The molecule has 1 aliphatic heterocycles. The lowest BCUT2D eigenvalue weighted by molar-refractivity contribution is 0.248. The smallest absolute Gasteiger partial charge is 0.241 e. The van der Waals surface area contributed by atoms with Crippen LogP contribution in [0.3, 0.4) is 0 Å². The van der Waals surface area contributed by atoms with Gasteiger partial charge in [-0.1, -0.05) is 12.1 Å².